The summed E-state index contributed by atoms with van der Waals surface area (Å²) in [4.78, 5) is 35.1. The van der Waals surface area contributed by atoms with E-state index >= 15 is 0 Å². The lowest BCUT2D eigenvalue weighted by Gasteiger charge is -2.09. The van der Waals surface area contributed by atoms with Crippen LogP contribution < -0.4 is 15.4 Å². The molecule has 0 heterocycles. The minimum atomic E-state index is -0.447. The Hall–Kier alpha value is -3.19. The van der Waals surface area contributed by atoms with Crippen molar-refractivity contribution >= 4 is 23.5 Å². The van der Waals surface area contributed by atoms with Gasteiger partial charge in [-0.3, -0.25) is 14.4 Å². The number of benzene rings is 2. The summed E-state index contributed by atoms with van der Waals surface area (Å²) >= 11 is 0. The number of ether oxygens (including phenoxy) is 2. The molecule has 0 unspecified atom stereocenters. The maximum atomic E-state index is 12.3. The van der Waals surface area contributed by atoms with Gasteiger partial charge in [-0.1, -0.05) is 18.2 Å². The molecule has 2 aromatic rings. The molecule has 0 aliphatic heterocycles. The number of amides is 2. The molecule has 0 saturated heterocycles. The molecule has 0 radical (unpaired) electrons. The van der Waals surface area contributed by atoms with Gasteiger partial charge in [0.2, 0.25) is 5.91 Å². The summed E-state index contributed by atoms with van der Waals surface area (Å²) in [7, 11) is 1.54. The molecule has 27 heavy (non-hydrogen) atoms. The van der Waals surface area contributed by atoms with Gasteiger partial charge in [0, 0.05) is 31.8 Å². The van der Waals surface area contributed by atoms with Crippen LogP contribution in [0.5, 0.6) is 5.75 Å². The number of carbonyl (C=O) groups excluding carboxylic acids is 3. The third kappa shape index (κ3) is 6.91. The lowest BCUT2D eigenvalue weighted by Crippen LogP contribution is -2.23. The third-order valence-electron chi connectivity index (χ3n) is 3.55. The normalized spacial score (nSPS) is 10.1. The second-order valence-corrected chi connectivity index (χ2v) is 5.80. The second kappa shape index (κ2) is 10.1. The van der Waals surface area contributed by atoms with Gasteiger partial charge in [-0.2, -0.15) is 0 Å². The Bertz CT molecular complexity index is 820. The van der Waals surface area contributed by atoms with E-state index in [1.54, 1.807) is 43.5 Å². The molecule has 0 spiro atoms. The number of anilines is 1. The van der Waals surface area contributed by atoms with Gasteiger partial charge in [-0.05, 0) is 35.9 Å². The maximum absolute atomic E-state index is 12.3. The van der Waals surface area contributed by atoms with E-state index in [4.69, 9.17) is 9.47 Å². The van der Waals surface area contributed by atoms with Crippen LogP contribution in [0, 0.1) is 0 Å². The molecule has 0 fully saturated rings. The fraction of sp³-hybridized carbons (Fsp3) is 0.250. The lowest BCUT2D eigenvalue weighted by molar-refractivity contribution is -0.131. The molecule has 0 atom stereocenters. The summed E-state index contributed by atoms with van der Waals surface area (Å²) < 4.78 is 9.85. The molecule has 2 N–H and O–H groups in total. The van der Waals surface area contributed by atoms with Crippen molar-refractivity contribution in [2.24, 2.45) is 0 Å². The fourth-order valence-electron chi connectivity index (χ4n) is 2.33. The van der Waals surface area contributed by atoms with Crippen molar-refractivity contribution in [3.8, 4) is 5.75 Å². The molecule has 0 aliphatic rings. The molecule has 7 nitrogen and oxygen atoms in total. The van der Waals surface area contributed by atoms with Crippen LogP contribution in [0.4, 0.5) is 5.69 Å². The quantitative estimate of drug-likeness (QED) is 0.550. The van der Waals surface area contributed by atoms with E-state index in [1.165, 1.54) is 13.0 Å². The number of hydrogen-bond donors (Lipinski definition) is 2. The van der Waals surface area contributed by atoms with Crippen molar-refractivity contribution in [1.29, 1.82) is 0 Å². The fourth-order valence-corrected chi connectivity index (χ4v) is 2.33. The van der Waals surface area contributed by atoms with Gasteiger partial charge in [0.1, 0.15) is 5.75 Å². The molecular formula is C20H22N2O5. The average Bonchev–Trinajstić information content (AvgIpc) is 2.64. The predicted octanol–water partition coefficient (Wildman–Crippen LogP) is 2.52. The summed E-state index contributed by atoms with van der Waals surface area (Å²) in [5, 5.41) is 5.58. The first-order chi connectivity index (χ1) is 13.0. The van der Waals surface area contributed by atoms with Gasteiger partial charge in [0.25, 0.3) is 5.91 Å². The Kier molecular flexibility index (Phi) is 7.51. The Morgan fingerprint density at radius 1 is 1.04 bits per heavy atom. The Balaban J connectivity index is 1.94. The van der Waals surface area contributed by atoms with Gasteiger partial charge in [0.05, 0.1) is 13.0 Å². The number of carbonyl (C=O) groups is 3. The molecule has 2 aromatic carbocycles. The van der Waals surface area contributed by atoms with E-state index < -0.39 is 5.97 Å². The van der Waals surface area contributed by atoms with Crippen molar-refractivity contribution in [3.05, 3.63) is 59.7 Å². The van der Waals surface area contributed by atoms with E-state index in [2.05, 4.69) is 10.6 Å². The van der Waals surface area contributed by atoms with Crippen molar-refractivity contribution in [2.45, 2.75) is 19.9 Å². The first kappa shape index (κ1) is 20.1. The van der Waals surface area contributed by atoms with Crippen LogP contribution >= 0.6 is 0 Å². The smallest absolute Gasteiger partial charge is 0.308 e. The van der Waals surface area contributed by atoms with Crippen LogP contribution in [0.1, 0.15) is 29.3 Å². The summed E-state index contributed by atoms with van der Waals surface area (Å²) in [6, 6.07) is 13.6. The maximum Gasteiger partial charge on any atom is 0.308 e. The Morgan fingerprint density at radius 2 is 1.81 bits per heavy atom. The highest BCUT2D eigenvalue weighted by Crippen LogP contribution is 2.14. The van der Waals surface area contributed by atoms with Gasteiger partial charge in [-0.15, -0.1) is 0 Å². The molecule has 0 aliphatic carbocycles. The molecule has 0 aromatic heterocycles. The van der Waals surface area contributed by atoms with Crippen LogP contribution in [-0.4, -0.2) is 31.5 Å². The van der Waals surface area contributed by atoms with Gasteiger partial charge >= 0.3 is 5.97 Å². The van der Waals surface area contributed by atoms with Gasteiger partial charge < -0.3 is 20.1 Å². The third-order valence-corrected chi connectivity index (χ3v) is 3.55. The van der Waals surface area contributed by atoms with E-state index in [-0.39, 0.29) is 18.2 Å². The summed E-state index contributed by atoms with van der Waals surface area (Å²) in [5.41, 5.74) is 1.88. The van der Waals surface area contributed by atoms with Crippen LogP contribution in [0.25, 0.3) is 0 Å². The monoisotopic (exact) mass is 370 g/mol. The highest BCUT2D eigenvalue weighted by Gasteiger charge is 2.08. The van der Waals surface area contributed by atoms with E-state index in [9.17, 15) is 14.4 Å². The zero-order chi connectivity index (χ0) is 19.6. The average molecular weight is 370 g/mol. The summed E-state index contributed by atoms with van der Waals surface area (Å²) in [6.07, 6.45) is 0.274. The van der Waals surface area contributed by atoms with Gasteiger partial charge in [-0.25, -0.2) is 0 Å². The van der Waals surface area contributed by atoms with Gasteiger partial charge in [0.15, 0.2) is 0 Å². The minimum Gasteiger partial charge on any atom is -0.427 e. The Labute approximate surface area is 157 Å². The van der Waals surface area contributed by atoms with Crippen LogP contribution in [0.15, 0.2) is 48.5 Å². The van der Waals surface area contributed by atoms with E-state index in [0.717, 1.165) is 5.56 Å². The minimum absolute atomic E-state index is 0.139. The molecule has 142 valence electrons. The number of esters is 1. The molecule has 0 bridgehead atoms. The molecular weight excluding hydrogens is 348 g/mol. The van der Waals surface area contributed by atoms with Crippen LogP contribution in [-0.2, 0) is 20.9 Å². The summed E-state index contributed by atoms with van der Waals surface area (Å²) in [5.74, 6) is -0.563. The number of hydrogen-bond acceptors (Lipinski definition) is 5. The number of methoxy groups -OCH3 is 1. The highest BCUT2D eigenvalue weighted by atomic mass is 16.5. The second-order valence-electron chi connectivity index (χ2n) is 5.80. The SMILES string of the molecule is COCCC(=O)Nc1cccc(CNC(=O)c2cccc(OC(C)=O)c2)c1. The Morgan fingerprint density at radius 3 is 2.56 bits per heavy atom. The summed E-state index contributed by atoms with van der Waals surface area (Å²) in [6.45, 7) is 1.94. The van der Waals surface area contributed by atoms with Crippen LogP contribution in [0.2, 0.25) is 0 Å². The standard InChI is InChI=1S/C20H22N2O5/c1-14(23)27-18-8-4-6-16(12-18)20(25)21-13-15-5-3-7-17(11-15)22-19(24)9-10-26-2/h3-8,11-12H,9-10,13H2,1-2H3,(H,21,25)(H,22,24). The van der Waals surface area contributed by atoms with Crippen LogP contribution in [0.3, 0.4) is 0 Å². The first-order valence-electron chi connectivity index (χ1n) is 8.42. The van der Waals surface area contributed by atoms with E-state index in [1.807, 2.05) is 6.07 Å². The first-order valence-corrected chi connectivity index (χ1v) is 8.42. The largest absolute Gasteiger partial charge is 0.427 e. The molecule has 0 saturated carbocycles. The molecule has 7 heteroatoms. The highest BCUT2D eigenvalue weighted by molar-refractivity contribution is 5.94. The van der Waals surface area contributed by atoms with Crippen molar-refractivity contribution in [3.63, 3.8) is 0 Å². The topological polar surface area (TPSA) is 93.7 Å². The van der Waals surface area contributed by atoms with Crippen molar-refractivity contribution in [1.82, 2.24) is 5.32 Å². The van der Waals surface area contributed by atoms with Crippen molar-refractivity contribution in [2.75, 3.05) is 19.0 Å². The predicted molar refractivity (Wildman–Crippen MR) is 100 cm³/mol. The zero-order valence-corrected chi connectivity index (χ0v) is 15.3. The number of nitrogens with one attached hydrogen (secondary N) is 2. The van der Waals surface area contributed by atoms with Crippen molar-refractivity contribution < 1.29 is 23.9 Å². The lowest BCUT2D eigenvalue weighted by atomic mass is 10.1. The molecule has 2 rings (SSSR count). The molecule has 2 amide bonds. The van der Waals surface area contributed by atoms with E-state index in [0.29, 0.717) is 30.2 Å². The zero-order valence-electron chi connectivity index (χ0n) is 15.3. The number of rotatable bonds is 8.